The second-order valence-corrected chi connectivity index (χ2v) is 11.0. The quantitative estimate of drug-likeness (QED) is 0.263. The molecular formula is C29H35ClN2NiO2. The molecule has 0 amide bonds. The molecule has 3 rings (SSSR count). The third kappa shape index (κ3) is 7.82. The molecule has 0 aliphatic carbocycles. The van der Waals surface area contributed by atoms with Crippen molar-refractivity contribution in [2.75, 3.05) is 0 Å². The van der Waals surface area contributed by atoms with Gasteiger partial charge >= 0.3 is 16.5 Å². The zero-order valence-corrected chi connectivity index (χ0v) is 23.8. The van der Waals surface area contributed by atoms with E-state index in [0.717, 1.165) is 17.1 Å². The topological polar surface area (TPSA) is 71.4 Å². The van der Waals surface area contributed by atoms with Gasteiger partial charge in [0.05, 0.1) is 17.1 Å². The first-order valence-corrected chi connectivity index (χ1v) is 11.8. The second-order valence-electron chi connectivity index (χ2n) is 10.6. The molecule has 0 N–H and O–H groups in total. The molecular weight excluding hydrogens is 502 g/mol. The molecule has 0 saturated heterocycles. The molecule has 1 aromatic heterocycles. The zero-order chi connectivity index (χ0) is 25.8. The number of pyridine rings is 1. The molecule has 0 saturated carbocycles. The van der Waals surface area contributed by atoms with Crippen LogP contribution in [0.3, 0.4) is 0 Å². The Bertz CT molecular complexity index is 1160. The van der Waals surface area contributed by atoms with E-state index in [1.165, 1.54) is 11.1 Å². The van der Waals surface area contributed by atoms with Gasteiger partial charge in [-0.05, 0) is 72.1 Å². The molecule has 190 valence electrons. The molecule has 3 aromatic rings. The van der Waals surface area contributed by atoms with Crippen molar-refractivity contribution in [2.24, 2.45) is 4.99 Å². The Kier molecular flexibility index (Phi) is 10.6. The van der Waals surface area contributed by atoms with Gasteiger partial charge in [-0.3, -0.25) is 9.98 Å². The fraction of sp³-hybridized carbons (Fsp3) is 0.379. The van der Waals surface area contributed by atoms with Gasteiger partial charge in [0.15, 0.2) is 0 Å². The van der Waals surface area contributed by atoms with Gasteiger partial charge in [-0.15, -0.1) is 11.5 Å². The molecule has 0 aliphatic heterocycles. The Labute approximate surface area is 225 Å². The molecule has 0 bridgehead atoms. The summed E-state index contributed by atoms with van der Waals surface area (Å²) in [5.74, 6) is -0.887. The fourth-order valence-corrected chi connectivity index (χ4v) is 4.13. The van der Waals surface area contributed by atoms with Gasteiger partial charge in [0.2, 0.25) is 0 Å². The average molecular weight is 538 g/mol. The number of para-hydroxylation sites is 1. The molecule has 6 heteroatoms. The summed E-state index contributed by atoms with van der Waals surface area (Å²) in [6.45, 7) is 17.5. The summed E-state index contributed by atoms with van der Waals surface area (Å²) >= 11 is 6.16. The predicted octanol–water partition coefficient (Wildman–Crippen LogP) is 6.92. The minimum atomic E-state index is -0.463. The number of aliphatic imine (C=N–C) groups is 1. The van der Waals surface area contributed by atoms with Crippen LogP contribution in [0.15, 0.2) is 53.7 Å². The number of hydrogen-bond acceptors (Lipinski definition) is 4. The Morgan fingerprint density at radius 2 is 1.43 bits per heavy atom. The van der Waals surface area contributed by atoms with Crippen molar-refractivity contribution in [3.05, 3.63) is 81.6 Å². The summed E-state index contributed by atoms with van der Waals surface area (Å²) in [5.41, 5.74) is 5.44. The van der Waals surface area contributed by atoms with Gasteiger partial charge in [0, 0.05) is 11.2 Å². The predicted molar refractivity (Wildman–Crippen MR) is 140 cm³/mol. The Morgan fingerprint density at radius 1 is 0.857 bits per heavy atom. The minimum Gasteiger partial charge on any atom is -0.873 e. The van der Waals surface area contributed by atoms with E-state index in [1.54, 1.807) is 12.3 Å². The minimum absolute atomic E-state index is 0. The Morgan fingerprint density at radius 3 is 1.89 bits per heavy atom. The van der Waals surface area contributed by atoms with Crippen LogP contribution in [0.2, 0.25) is 5.02 Å². The van der Waals surface area contributed by atoms with Crippen LogP contribution in [0, 0.1) is 13.8 Å². The van der Waals surface area contributed by atoms with Crippen LogP contribution >= 0.6 is 11.6 Å². The van der Waals surface area contributed by atoms with E-state index in [-0.39, 0.29) is 21.9 Å². The summed E-state index contributed by atoms with van der Waals surface area (Å²) in [7, 11) is 0. The second kappa shape index (κ2) is 12.1. The van der Waals surface area contributed by atoms with Crippen molar-refractivity contribution in [3.63, 3.8) is 0 Å². The van der Waals surface area contributed by atoms with E-state index in [0.29, 0.717) is 16.1 Å². The fourth-order valence-electron chi connectivity index (χ4n) is 3.65. The first-order valence-electron chi connectivity index (χ1n) is 11.4. The SMILES string of the molecule is CC(=Nc1c(C)cccc1C)c1ccccn1.CC(C)(C)c1cc(Cl)c(C(C)(C)C)c([O-])c1[O-].[Ni+2]. The maximum Gasteiger partial charge on any atom is 2.00 e. The van der Waals surface area contributed by atoms with Crippen LogP contribution in [0.25, 0.3) is 0 Å². The van der Waals surface area contributed by atoms with E-state index in [9.17, 15) is 10.2 Å². The maximum atomic E-state index is 12.1. The molecule has 0 radical (unpaired) electrons. The molecule has 0 atom stereocenters. The number of rotatable bonds is 2. The first kappa shape index (κ1) is 30.7. The van der Waals surface area contributed by atoms with Crippen molar-refractivity contribution < 1.29 is 26.7 Å². The van der Waals surface area contributed by atoms with Gasteiger partial charge in [0.25, 0.3) is 0 Å². The molecule has 0 aliphatic rings. The first-order chi connectivity index (χ1) is 15.6. The van der Waals surface area contributed by atoms with Gasteiger partial charge in [0.1, 0.15) is 0 Å². The number of aromatic nitrogens is 1. The van der Waals surface area contributed by atoms with Gasteiger partial charge < -0.3 is 10.2 Å². The number of aryl methyl sites for hydroxylation is 2. The van der Waals surface area contributed by atoms with E-state index in [1.807, 2.05) is 66.7 Å². The average Bonchev–Trinajstić information content (AvgIpc) is 2.73. The number of nitrogens with zero attached hydrogens (tertiary/aromatic N) is 2. The van der Waals surface area contributed by atoms with E-state index < -0.39 is 16.9 Å². The molecule has 0 fully saturated rings. The summed E-state index contributed by atoms with van der Waals surface area (Å²) in [6.07, 6.45) is 1.79. The van der Waals surface area contributed by atoms with Crippen LogP contribution in [-0.2, 0) is 27.3 Å². The summed E-state index contributed by atoms with van der Waals surface area (Å²) in [4.78, 5) is 8.99. The summed E-state index contributed by atoms with van der Waals surface area (Å²) < 4.78 is 0. The molecule has 0 spiro atoms. The van der Waals surface area contributed by atoms with E-state index in [4.69, 9.17) is 11.6 Å². The number of halogens is 1. The molecule has 1 heterocycles. The van der Waals surface area contributed by atoms with Gasteiger partial charge in [-0.25, -0.2) is 0 Å². The standard InChI is InChI=1S/C15H16N2.C14H21ClO2.Ni/c1-11-7-6-8-12(2)15(11)17-13(3)14-9-4-5-10-16-14;1-13(2,3)8-7-9(15)10(14(4,5)6)12(17)11(8)16;/h4-10H,1-3H3;7,16-17H,1-6H3;/q;;+2/p-2. The number of benzene rings is 2. The van der Waals surface area contributed by atoms with Crippen molar-refractivity contribution >= 4 is 23.0 Å². The van der Waals surface area contributed by atoms with Crippen LogP contribution in [0.1, 0.15) is 76.4 Å². The van der Waals surface area contributed by atoms with Crippen molar-refractivity contribution in [1.82, 2.24) is 4.98 Å². The Balaban J connectivity index is 0.000000340. The normalized spacial score (nSPS) is 11.9. The third-order valence-corrected chi connectivity index (χ3v) is 5.80. The van der Waals surface area contributed by atoms with Gasteiger partial charge in [-0.1, -0.05) is 77.4 Å². The van der Waals surface area contributed by atoms with Gasteiger partial charge in [-0.2, -0.15) is 0 Å². The molecule has 4 nitrogen and oxygen atoms in total. The monoisotopic (exact) mass is 536 g/mol. The van der Waals surface area contributed by atoms with Crippen molar-refractivity contribution in [2.45, 2.75) is 73.1 Å². The molecule has 35 heavy (non-hydrogen) atoms. The number of hydrogen-bond donors (Lipinski definition) is 0. The molecule has 2 aromatic carbocycles. The van der Waals surface area contributed by atoms with Crippen molar-refractivity contribution in [3.8, 4) is 11.5 Å². The van der Waals surface area contributed by atoms with E-state index >= 15 is 0 Å². The zero-order valence-electron chi connectivity index (χ0n) is 22.0. The summed E-state index contributed by atoms with van der Waals surface area (Å²) in [6, 6.07) is 13.7. The maximum absolute atomic E-state index is 12.1. The third-order valence-electron chi connectivity index (χ3n) is 5.50. The van der Waals surface area contributed by atoms with Crippen LogP contribution in [-0.4, -0.2) is 10.7 Å². The summed E-state index contributed by atoms with van der Waals surface area (Å²) in [5, 5.41) is 24.6. The van der Waals surface area contributed by atoms with Crippen LogP contribution in [0.5, 0.6) is 11.5 Å². The Hall–Kier alpha value is -2.36. The molecule has 0 unspecified atom stereocenters. The van der Waals surface area contributed by atoms with Crippen LogP contribution in [0.4, 0.5) is 5.69 Å². The smallest absolute Gasteiger partial charge is 0.873 e. The largest absolute Gasteiger partial charge is 2.00 e. The van der Waals surface area contributed by atoms with Crippen molar-refractivity contribution in [1.29, 1.82) is 0 Å². The van der Waals surface area contributed by atoms with Crippen LogP contribution < -0.4 is 10.2 Å². The van der Waals surface area contributed by atoms with E-state index in [2.05, 4.69) is 42.0 Å².